The topological polar surface area (TPSA) is 41.6 Å². The summed E-state index contributed by atoms with van der Waals surface area (Å²) in [6, 6.07) is 9.89. The van der Waals surface area contributed by atoms with Gasteiger partial charge in [0.05, 0.1) is 6.04 Å². The Kier molecular flexibility index (Phi) is 5.80. The van der Waals surface area contributed by atoms with Gasteiger partial charge in [0.15, 0.2) is 0 Å². The van der Waals surface area contributed by atoms with Gasteiger partial charge in [-0.05, 0) is 24.0 Å². The van der Waals surface area contributed by atoms with Crippen LogP contribution in [0.5, 0.6) is 0 Å². The highest BCUT2D eigenvalue weighted by Gasteiger charge is 2.24. The molecule has 0 aromatic heterocycles. The fraction of sp³-hybridized carbons (Fsp3) is 0.400. The minimum absolute atomic E-state index is 0.163. The SMILES string of the molecule is CSCC[C@H]1CNC=CN1C(=O)OCc1ccccc1. The number of thioether (sulfide) groups is 1. The number of carbonyl (C=O) groups is 1. The largest absolute Gasteiger partial charge is 0.444 e. The van der Waals surface area contributed by atoms with Crippen molar-refractivity contribution in [2.24, 2.45) is 0 Å². The molecule has 1 aromatic carbocycles. The number of hydrogen-bond acceptors (Lipinski definition) is 4. The van der Waals surface area contributed by atoms with E-state index in [1.807, 2.05) is 30.3 Å². The van der Waals surface area contributed by atoms with Crippen LogP contribution in [0.2, 0.25) is 0 Å². The maximum Gasteiger partial charge on any atom is 0.414 e. The number of amides is 1. The van der Waals surface area contributed by atoms with Gasteiger partial charge in [-0.15, -0.1) is 0 Å². The molecule has 0 saturated carbocycles. The lowest BCUT2D eigenvalue weighted by molar-refractivity contribution is 0.0958. The van der Waals surface area contributed by atoms with Crippen molar-refractivity contribution in [1.29, 1.82) is 0 Å². The third kappa shape index (κ3) is 4.20. The summed E-state index contributed by atoms with van der Waals surface area (Å²) in [5, 5.41) is 3.16. The Labute approximate surface area is 124 Å². The van der Waals surface area contributed by atoms with E-state index in [4.69, 9.17) is 4.74 Å². The van der Waals surface area contributed by atoms with Gasteiger partial charge in [0.1, 0.15) is 6.61 Å². The van der Waals surface area contributed by atoms with Crippen LogP contribution >= 0.6 is 11.8 Å². The molecule has 0 unspecified atom stereocenters. The van der Waals surface area contributed by atoms with Crippen LogP contribution in [0, 0.1) is 0 Å². The van der Waals surface area contributed by atoms with Crippen LogP contribution in [-0.4, -0.2) is 35.6 Å². The van der Waals surface area contributed by atoms with Gasteiger partial charge in [-0.2, -0.15) is 11.8 Å². The fourth-order valence-electron chi connectivity index (χ4n) is 2.06. The number of nitrogens with one attached hydrogen (secondary N) is 1. The second-order valence-corrected chi connectivity index (χ2v) is 5.59. The monoisotopic (exact) mass is 292 g/mol. The highest BCUT2D eigenvalue weighted by Crippen LogP contribution is 2.14. The number of ether oxygens (including phenoxy) is 1. The number of hydrogen-bond donors (Lipinski definition) is 1. The highest BCUT2D eigenvalue weighted by molar-refractivity contribution is 7.98. The first-order valence-electron chi connectivity index (χ1n) is 6.69. The Balaban J connectivity index is 1.89. The molecule has 1 N–H and O–H groups in total. The van der Waals surface area contributed by atoms with Crippen LogP contribution < -0.4 is 5.32 Å². The molecular weight excluding hydrogens is 272 g/mol. The minimum atomic E-state index is -0.280. The van der Waals surface area contributed by atoms with Crippen molar-refractivity contribution < 1.29 is 9.53 Å². The van der Waals surface area contributed by atoms with Crippen LogP contribution in [-0.2, 0) is 11.3 Å². The number of rotatable bonds is 5. The molecule has 0 radical (unpaired) electrons. The van der Waals surface area contributed by atoms with Gasteiger partial charge in [0, 0.05) is 18.9 Å². The first kappa shape index (κ1) is 14.8. The Morgan fingerprint density at radius 3 is 3.00 bits per heavy atom. The van der Waals surface area contributed by atoms with Crippen LogP contribution in [0.15, 0.2) is 42.7 Å². The lowest BCUT2D eigenvalue weighted by atomic mass is 10.2. The molecule has 0 fully saturated rings. The predicted molar refractivity (Wildman–Crippen MR) is 82.4 cm³/mol. The molecule has 0 saturated heterocycles. The smallest absolute Gasteiger partial charge is 0.414 e. The minimum Gasteiger partial charge on any atom is -0.444 e. The third-order valence-corrected chi connectivity index (χ3v) is 3.81. The number of benzene rings is 1. The summed E-state index contributed by atoms with van der Waals surface area (Å²) in [5.41, 5.74) is 1.00. The Hall–Kier alpha value is -1.62. The van der Waals surface area contributed by atoms with Crippen molar-refractivity contribution in [1.82, 2.24) is 10.2 Å². The second-order valence-electron chi connectivity index (χ2n) is 4.61. The predicted octanol–water partition coefficient (Wildman–Crippen LogP) is 2.82. The lowest BCUT2D eigenvalue weighted by Crippen LogP contribution is -2.45. The Morgan fingerprint density at radius 2 is 2.25 bits per heavy atom. The van der Waals surface area contributed by atoms with E-state index >= 15 is 0 Å². The van der Waals surface area contributed by atoms with E-state index in [-0.39, 0.29) is 12.1 Å². The molecule has 5 heteroatoms. The molecule has 0 bridgehead atoms. The zero-order chi connectivity index (χ0) is 14.2. The van der Waals surface area contributed by atoms with Crippen molar-refractivity contribution in [2.75, 3.05) is 18.6 Å². The van der Waals surface area contributed by atoms with Crippen LogP contribution in [0.25, 0.3) is 0 Å². The molecule has 1 aliphatic heterocycles. The number of nitrogens with zero attached hydrogens (tertiary/aromatic N) is 1. The van der Waals surface area contributed by atoms with Crippen LogP contribution in [0.1, 0.15) is 12.0 Å². The van der Waals surface area contributed by atoms with E-state index in [0.717, 1.165) is 24.3 Å². The molecule has 1 aromatic rings. The maximum atomic E-state index is 12.2. The summed E-state index contributed by atoms with van der Waals surface area (Å²) >= 11 is 1.79. The molecule has 0 aliphatic carbocycles. The standard InChI is InChI=1S/C15H20N2O2S/c1-20-10-7-14-11-16-8-9-17(14)15(18)19-12-13-5-3-2-4-6-13/h2-6,8-9,14,16H,7,10-12H2,1H3/t14-/m0/s1. The van der Waals surface area contributed by atoms with Gasteiger partial charge < -0.3 is 10.1 Å². The summed E-state index contributed by atoms with van der Waals surface area (Å²) in [4.78, 5) is 13.9. The lowest BCUT2D eigenvalue weighted by Gasteiger charge is -2.31. The molecule has 1 aliphatic rings. The summed E-state index contributed by atoms with van der Waals surface area (Å²) in [6.07, 6.45) is 6.31. The van der Waals surface area contributed by atoms with Gasteiger partial charge in [-0.3, -0.25) is 4.90 Å². The summed E-state index contributed by atoms with van der Waals surface area (Å²) in [5.74, 6) is 1.03. The van der Waals surface area contributed by atoms with Gasteiger partial charge >= 0.3 is 6.09 Å². The molecular formula is C15H20N2O2S. The van der Waals surface area contributed by atoms with Crippen LogP contribution in [0.3, 0.4) is 0 Å². The molecule has 2 rings (SSSR count). The van der Waals surface area contributed by atoms with Crippen LogP contribution in [0.4, 0.5) is 4.79 Å². The van der Waals surface area contributed by atoms with Gasteiger partial charge in [0.2, 0.25) is 0 Å². The molecule has 1 amide bonds. The molecule has 0 spiro atoms. The average Bonchev–Trinajstić information content (AvgIpc) is 2.52. The fourth-order valence-corrected chi connectivity index (χ4v) is 2.56. The van der Waals surface area contributed by atoms with E-state index in [1.54, 1.807) is 29.1 Å². The second kappa shape index (κ2) is 7.85. The molecule has 108 valence electrons. The molecule has 20 heavy (non-hydrogen) atoms. The Bertz CT molecular complexity index is 450. The van der Waals surface area contributed by atoms with Crippen molar-refractivity contribution in [3.8, 4) is 0 Å². The zero-order valence-corrected chi connectivity index (χ0v) is 12.4. The van der Waals surface area contributed by atoms with Gasteiger partial charge in [-0.1, -0.05) is 30.3 Å². The normalized spacial score (nSPS) is 17.6. The van der Waals surface area contributed by atoms with Gasteiger partial charge in [-0.25, -0.2) is 4.79 Å². The van der Waals surface area contributed by atoms with E-state index < -0.39 is 0 Å². The molecule has 4 nitrogen and oxygen atoms in total. The first-order valence-corrected chi connectivity index (χ1v) is 8.08. The molecule has 1 atom stereocenters. The summed E-state index contributed by atoms with van der Waals surface area (Å²) in [6.45, 7) is 1.09. The maximum absolute atomic E-state index is 12.2. The zero-order valence-electron chi connectivity index (χ0n) is 11.6. The summed E-state index contributed by atoms with van der Waals surface area (Å²) < 4.78 is 5.38. The number of carbonyl (C=O) groups excluding carboxylic acids is 1. The average molecular weight is 292 g/mol. The quantitative estimate of drug-likeness (QED) is 0.906. The van der Waals surface area contributed by atoms with Crippen molar-refractivity contribution >= 4 is 17.9 Å². The van der Waals surface area contributed by atoms with Crippen molar-refractivity contribution in [3.63, 3.8) is 0 Å². The van der Waals surface area contributed by atoms with E-state index in [0.29, 0.717) is 6.61 Å². The van der Waals surface area contributed by atoms with E-state index in [2.05, 4.69) is 11.6 Å². The summed E-state index contributed by atoms with van der Waals surface area (Å²) in [7, 11) is 0. The third-order valence-electron chi connectivity index (χ3n) is 3.17. The molecule has 1 heterocycles. The first-order chi connectivity index (χ1) is 9.81. The van der Waals surface area contributed by atoms with E-state index in [1.165, 1.54) is 0 Å². The highest BCUT2D eigenvalue weighted by atomic mass is 32.2. The van der Waals surface area contributed by atoms with Gasteiger partial charge in [0.25, 0.3) is 0 Å². The van der Waals surface area contributed by atoms with Crippen molar-refractivity contribution in [2.45, 2.75) is 19.1 Å². The Morgan fingerprint density at radius 1 is 1.45 bits per heavy atom. The van der Waals surface area contributed by atoms with E-state index in [9.17, 15) is 4.79 Å². The van der Waals surface area contributed by atoms with Crippen molar-refractivity contribution in [3.05, 3.63) is 48.3 Å².